The van der Waals surface area contributed by atoms with Crippen LogP contribution in [0, 0.1) is 6.92 Å². The van der Waals surface area contributed by atoms with E-state index in [1.165, 1.54) is 0 Å². The van der Waals surface area contributed by atoms with Gasteiger partial charge in [-0.3, -0.25) is 0 Å². The van der Waals surface area contributed by atoms with Crippen molar-refractivity contribution in [2.75, 3.05) is 6.61 Å². The van der Waals surface area contributed by atoms with Gasteiger partial charge in [0.1, 0.15) is 12.4 Å². The SMILES string of the molecule is CCOc1ccc(-n2nnc(C(=O)OCc3ccccc3)c2C)cc1. The van der Waals surface area contributed by atoms with Gasteiger partial charge in [-0.1, -0.05) is 35.5 Å². The van der Waals surface area contributed by atoms with E-state index >= 15 is 0 Å². The summed E-state index contributed by atoms with van der Waals surface area (Å²) in [6.07, 6.45) is 0. The van der Waals surface area contributed by atoms with Crippen molar-refractivity contribution >= 4 is 5.97 Å². The molecule has 0 unspecified atom stereocenters. The Hall–Kier alpha value is -3.15. The highest BCUT2D eigenvalue weighted by atomic mass is 16.5. The number of esters is 1. The highest BCUT2D eigenvalue weighted by Crippen LogP contribution is 2.17. The Bertz CT molecular complexity index is 842. The summed E-state index contributed by atoms with van der Waals surface area (Å²) >= 11 is 0. The molecule has 0 fully saturated rings. The highest BCUT2D eigenvalue weighted by molar-refractivity contribution is 5.88. The minimum atomic E-state index is -0.487. The minimum Gasteiger partial charge on any atom is -0.494 e. The van der Waals surface area contributed by atoms with E-state index in [1.54, 1.807) is 11.6 Å². The zero-order valence-electron chi connectivity index (χ0n) is 14.2. The standard InChI is InChI=1S/C19H19N3O3/c1-3-24-17-11-9-16(10-12-17)22-14(2)18(20-21-22)19(23)25-13-15-7-5-4-6-8-15/h4-12H,3,13H2,1-2H3. The fraction of sp³-hybridized carbons (Fsp3) is 0.211. The molecule has 6 heteroatoms. The van der Waals surface area contributed by atoms with Crippen LogP contribution < -0.4 is 4.74 Å². The number of benzene rings is 2. The molecule has 0 atom stereocenters. The lowest BCUT2D eigenvalue weighted by molar-refractivity contribution is 0.0464. The van der Waals surface area contributed by atoms with Crippen molar-refractivity contribution in [2.45, 2.75) is 20.5 Å². The van der Waals surface area contributed by atoms with Crippen LogP contribution in [0.1, 0.15) is 28.7 Å². The minimum absolute atomic E-state index is 0.203. The summed E-state index contributed by atoms with van der Waals surface area (Å²) in [6, 6.07) is 17.0. The van der Waals surface area contributed by atoms with Crippen LogP contribution in [0.2, 0.25) is 0 Å². The van der Waals surface area contributed by atoms with E-state index in [0.29, 0.717) is 12.3 Å². The van der Waals surface area contributed by atoms with Gasteiger partial charge in [-0.25, -0.2) is 9.48 Å². The van der Waals surface area contributed by atoms with E-state index in [-0.39, 0.29) is 12.3 Å². The summed E-state index contributed by atoms with van der Waals surface area (Å²) in [7, 11) is 0. The summed E-state index contributed by atoms with van der Waals surface area (Å²) in [5.74, 6) is 0.296. The van der Waals surface area contributed by atoms with Crippen molar-refractivity contribution in [2.24, 2.45) is 0 Å². The molecule has 0 saturated carbocycles. The maximum Gasteiger partial charge on any atom is 0.361 e. The van der Waals surface area contributed by atoms with Crippen molar-refractivity contribution < 1.29 is 14.3 Å². The van der Waals surface area contributed by atoms with Gasteiger partial charge in [-0.05, 0) is 43.7 Å². The normalized spacial score (nSPS) is 10.5. The molecular formula is C19H19N3O3. The molecule has 3 aromatic rings. The average molecular weight is 337 g/mol. The summed E-state index contributed by atoms with van der Waals surface area (Å²) in [5, 5.41) is 8.03. The van der Waals surface area contributed by atoms with Gasteiger partial charge >= 0.3 is 5.97 Å². The van der Waals surface area contributed by atoms with E-state index in [0.717, 1.165) is 17.0 Å². The number of ether oxygens (including phenoxy) is 2. The van der Waals surface area contributed by atoms with Crippen LogP contribution in [0.25, 0.3) is 5.69 Å². The van der Waals surface area contributed by atoms with Gasteiger partial charge in [-0.2, -0.15) is 0 Å². The van der Waals surface area contributed by atoms with E-state index in [1.807, 2.05) is 61.5 Å². The maximum atomic E-state index is 12.3. The smallest absolute Gasteiger partial charge is 0.361 e. The Morgan fingerprint density at radius 3 is 2.48 bits per heavy atom. The van der Waals surface area contributed by atoms with E-state index in [4.69, 9.17) is 9.47 Å². The first-order chi connectivity index (χ1) is 12.2. The summed E-state index contributed by atoms with van der Waals surface area (Å²) in [5.41, 5.74) is 2.56. The van der Waals surface area contributed by atoms with Crippen LogP contribution in [0.3, 0.4) is 0 Å². The number of carbonyl (C=O) groups excluding carboxylic acids is 1. The molecule has 0 amide bonds. The van der Waals surface area contributed by atoms with Crippen molar-refractivity contribution in [1.82, 2.24) is 15.0 Å². The third kappa shape index (κ3) is 3.85. The largest absolute Gasteiger partial charge is 0.494 e. The first-order valence-electron chi connectivity index (χ1n) is 8.05. The van der Waals surface area contributed by atoms with Gasteiger partial charge in [0.2, 0.25) is 0 Å². The molecule has 2 aromatic carbocycles. The quantitative estimate of drug-likeness (QED) is 0.646. The molecule has 0 radical (unpaired) electrons. The molecular weight excluding hydrogens is 318 g/mol. The van der Waals surface area contributed by atoms with Gasteiger partial charge in [0.15, 0.2) is 5.69 Å². The van der Waals surface area contributed by atoms with Gasteiger partial charge in [0.05, 0.1) is 18.0 Å². The molecule has 0 aliphatic carbocycles. The second kappa shape index (κ2) is 7.61. The maximum absolute atomic E-state index is 12.3. The summed E-state index contributed by atoms with van der Waals surface area (Å²) in [6.45, 7) is 4.53. The Morgan fingerprint density at radius 1 is 1.08 bits per heavy atom. The van der Waals surface area contributed by atoms with Crippen molar-refractivity contribution in [3.05, 3.63) is 71.5 Å². The molecule has 3 rings (SSSR count). The summed E-state index contributed by atoms with van der Waals surface area (Å²) < 4.78 is 12.4. The number of hydrogen-bond donors (Lipinski definition) is 0. The molecule has 1 aromatic heterocycles. The van der Waals surface area contributed by atoms with E-state index in [9.17, 15) is 4.79 Å². The molecule has 0 saturated heterocycles. The second-order valence-corrected chi connectivity index (χ2v) is 5.42. The van der Waals surface area contributed by atoms with Crippen molar-refractivity contribution in [3.8, 4) is 11.4 Å². The molecule has 1 heterocycles. The topological polar surface area (TPSA) is 66.2 Å². The first-order valence-corrected chi connectivity index (χ1v) is 8.05. The van der Waals surface area contributed by atoms with E-state index < -0.39 is 5.97 Å². The molecule has 0 N–H and O–H groups in total. The highest BCUT2D eigenvalue weighted by Gasteiger charge is 2.18. The number of carbonyl (C=O) groups is 1. The molecule has 0 aliphatic heterocycles. The lowest BCUT2D eigenvalue weighted by Gasteiger charge is -2.06. The zero-order chi connectivity index (χ0) is 17.6. The van der Waals surface area contributed by atoms with Gasteiger partial charge in [0, 0.05) is 0 Å². The zero-order valence-corrected chi connectivity index (χ0v) is 14.2. The lowest BCUT2D eigenvalue weighted by Crippen LogP contribution is -2.08. The van der Waals surface area contributed by atoms with Crippen LogP contribution in [0.5, 0.6) is 5.75 Å². The molecule has 0 aliphatic rings. The Balaban J connectivity index is 1.72. The Morgan fingerprint density at radius 2 is 1.80 bits per heavy atom. The molecule has 25 heavy (non-hydrogen) atoms. The third-order valence-electron chi connectivity index (χ3n) is 3.69. The van der Waals surface area contributed by atoms with Gasteiger partial charge < -0.3 is 9.47 Å². The monoisotopic (exact) mass is 337 g/mol. The second-order valence-electron chi connectivity index (χ2n) is 5.42. The van der Waals surface area contributed by atoms with E-state index in [2.05, 4.69) is 10.3 Å². The number of nitrogens with zero attached hydrogens (tertiary/aromatic N) is 3. The number of hydrogen-bond acceptors (Lipinski definition) is 5. The van der Waals surface area contributed by atoms with Crippen LogP contribution in [-0.2, 0) is 11.3 Å². The number of aromatic nitrogens is 3. The predicted octanol–water partition coefficient (Wildman–Crippen LogP) is 3.33. The first kappa shape index (κ1) is 16.7. The Labute approximate surface area is 146 Å². The fourth-order valence-corrected chi connectivity index (χ4v) is 2.40. The van der Waals surface area contributed by atoms with Crippen LogP contribution in [0.4, 0.5) is 0 Å². The number of rotatable bonds is 6. The molecule has 0 spiro atoms. The summed E-state index contributed by atoms with van der Waals surface area (Å²) in [4.78, 5) is 12.3. The van der Waals surface area contributed by atoms with Crippen molar-refractivity contribution in [3.63, 3.8) is 0 Å². The van der Waals surface area contributed by atoms with Gasteiger partial charge in [0.25, 0.3) is 0 Å². The van der Waals surface area contributed by atoms with Crippen LogP contribution >= 0.6 is 0 Å². The lowest BCUT2D eigenvalue weighted by atomic mass is 10.2. The van der Waals surface area contributed by atoms with Gasteiger partial charge in [-0.15, -0.1) is 5.10 Å². The Kier molecular flexibility index (Phi) is 5.09. The molecule has 6 nitrogen and oxygen atoms in total. The van der Waals surface area contributed by atoms with Crippen molar-refractivity contribution in [1.29, 1.82) is 0 Å². The van der Waals surface area contributed by atoms with Crippen LogP contribution in [0.15, 0.2) is 54.6 Å². The van der Waals surface area contributed by atoms with Crippen LogP contribution in [-0.4, -0.2) is 27.6 Å². The fourth-order valence-electron chi connectivity index (χ4n) is 2.40. The predicted molar refractivity (Wildman–Crippen MR) is 92.8 cm³/mol. The molecule has 128 valence electrons. The molecule has 0 bridgehead atoms. The third-order valence-corrected chi connectivity index (χ3v) is 3.69. The average Bonchev–Trinajstić information content (AvgIpc) is 3.03.